The van der Waals surface area contributed by atoms with Crippen molar-refractivity contribution in [1.29, 1.82) is 0 Å². The van der Waals surface area contributed by atoms with Crippen LogP contribution in [0.1, 0.15) is 62.8 Å². The van der Waals surface area contributed by atoms with Gasteiger partial charge in [-0.15, -0.1) is 0 Å². The number of carbonyl (C=O) groups excluding carboxylic acids is 2. The number of carboxylic acid groups (broad SMARTS) is 3. The molecule has 0 radical (unpaired) electrons. The fraction of sp³-hybridized carbons (Fsp3) is 0.500. The van der Waals surface area contributed by atoms with Gasteiger partial charge in [0, 0.05) is 11.4 Å². The molecule has 0 aliphatic rings. The van der Waals surface area contributed by atoms with Crippen molar-refractivity contribution in [2.45, 2.75) is 73.8 Å². The number of para-hydroxylation sites is 2. The number of likely N-dealkylation sites (N-methyl/N-ethyl adjacent to an activating group) is 2. The molecule has 0 atom stereocenters. The average Bonchev–Trinajstić information content (AvgIpc) is 2.98. The normalized spacial score (nSPS) is 10.7. The number of aliphatic carboxylic acids is 3. The van der Waals surface area contributed by atoms with Crippen molar-refractivity contribution >= 4 is 41.1 Å². The first-order valence-electron chi connectivity index (χ1n) is 15.5. The molecule has 0 heterocycles. The second kappa shape index (κ2) is 21.5. The van der Waals surface area contributed by atoms with Crippen LogP contribution in [-0.2, 0) is 24.0 Å². The number of hydrogen-bond donors (Lipinski definition) is 6. The number of rotatable bonds is 15. The zero-order valence-electron chi connectivity index (χ0n) is 28.8. The van der Waals surface area contributed by atoms with E-state index in [4.69, 9.17) is 20.4 Å². The Labute approximate surface area is 277 Å². The van der Waals surface area contributed by atoms with E-state index >= 15 is 0 Å². The molecule has 0 saturated heterocycles. The summed E-state index contributed by atoms with van der Waals surface area (Å²) in [5.41, 5.74) is 3.60. The number of aryl methyl sites for hydroxylation is 4. The van der Waals surface area contributed by atoms with Crippen LogP contribution in [0, 0.1) is 27.7 Å². The number of benzene rings is 2. The maximum absolute atomic E-state index is 11.9. The van der Waals surface area contributed by atoms with Gasteiger partial charge in [0.15, 0.2) is 5.60 Å². The van der Waals surface area contributed by atoms with Crippen LogP contribution in [0.4, 0.5) is 11.4 Å². The topological polar surface area (TPSA) is 197 Å². The number of carbonyl (C=O) groups is 5. The summed E-state index contributed by atoms with van der Waals surface area (Å²) >= 11 is 0. The summed E-state index contributed by atoms with van der Waals surface area (Å²) in [4.78, 5) is 58.5. The van der Waals surface area contributed by atoms with Gasteiger partial charge in [0.1, 0.15) is 0 Å². The Morgan fingerprint density at radius 3 is 1.09 bits per heavy atom. The summed E-state index contributed by atoms with van der Waals surface area (Å²) in [5.74, 6) is -4.90. The lowest BCUT2D eigenvalue weighted by Crippen LogP contribution is -2.42. The van der Waals surface area contributed by atoms with Crippen molar-refractivity contribution in [3.05, 3.63) is 58.7 Å². The lowest BCUT2D eigenvalue weighted by atomic mass is 9.96. The summed E-state index contributed by atoms with van der Waals surface area (Å²) in [5, 5.41) is 39.8. The Bertz CT molecular complexity index is 1210. The molecule has 13 nitrogen and oxygen atoms in total. The van der Waals surface area contributed by atoms with Gasteiger partial charge in [0.05, 0.1) is 25.9 Å². The SMILES string of the molecule is CCN(CC)CC(=O)Nc1c(C)cccc1C.CCN(CC)CC(=O)Nc1c(C)cccc1C.O=C(O)CC(O)(CC(=O)O)C(=O)O. The number of carboxylic acids is 3. The van der Waals surface area contributed by atoms with Crippen LogP contribution in [0.5, 0.6) is 0 Å². The monoisotopic (exact) mass is 660 g/mol. The summed E-state index contributed by atoms with van der Waals surface area (Å²) in [6.07, 6.45) is -2.29. The van der Waals surface area contributed by atoms with E-state index in [2.05, 4.69) is 48.1 Å². The summed E-state index contributed by atoms with van der Waals surface area (Å²) < 4.78 is 0. The zero-order chi connectivity index (χ0) is 36.3. The number of amides is 2. The van der Waals surface area contributed by atoms with Gasteiger partial charge < -0.3 is 31.1 Å². The highest BCUT2D eigenvalue weighted by atomic mass is 16.4. The molecule has 2 aromatic rings. The van der Waals surface area contributed by atoms with Crippen LogP contribution in [0.25, 0.3) is 0 Å². The van der Waals surface area contributed by atoms with E-state index < -0.39 is 36.4 Å². The first-order valence-corrected chi connectivity index (χ1v) is 15.5. The predicted octanol–water partition coefficient (Wildman–Crippen LogP) is 3.92. The lowest BCUT2D eigenvalue weighted by Gasteiger charge is -2.18. The summed E-state index contributed by atoms with van der Waals surface area (Å²) in [6, 6.07) is 12.1. The molecule has 0 aliphatic carbocycles. The maximum Gasteiger partial charge on any atom is 0.336 e. The van der Waals surface area contributed by atoms with E-state index in [1.54, 1.807) is 0 Å². The first kappa shape index (κ1) is 42.7. The minimum Gasteiger partial charge on any atom is -0.481 e. The second-order valence-corrected chi connectivity index (χ2v) is 11.0. The molecule has 6 N–H and O–H groups in total. The van der Waals surface area contributed by atoms with Gasteiger partial charge in [-0.3, -0.25) is 29.0 Å². The average molecular weight is 661 g/mol. The smallest absolute Gasteiger partial charge is 0.336 e. The lowest BCUT2D eigenvalue weighted by molar-refractivity contribution is -0.170. The van der Waals surface area contributed by atoms with Gasteiger partial charge in [0.2, 0.25) is 11.8 Å². The highest BCUT2D eigenvalue weighted by Crippen LogP contribution is 2.20. The fourth-order valence-corrected chi connectivity index (χ4v) is 4.40. The standard InChI is InChI=1S/2C14H22N2O.C6H8O7/c2*1-5-16(6-2)10-13(17)15-14-11(3)8-7-9-12(14)4;7-3(8)1-6(13,5(11)12)2-4(9)10/h2*7-9H,5-6,10H2,1-4H3,(H,15,17);13H,1-2H2,(H,7,8)(H,9,10)(H,11,12). The molecule has 0 saturated carbocycles. The molecule has 0 aromatic heterocycles. The molecule has 2 rings (SSSR count). The third-order valence-electron chi connectivity index (χ3n) is 7.30. The van der Waals surface area contributed by atoms with Gasteiger partial charge in [-0.1, -0.05) is 64.1 Å². The molecule has 0 aliphatic heterocycles. The van der Waals surface area contributed by atoms with Gasteiger partial charge in [-0.05, 0) is 76.1 Å². The zero-order valence-corrected chi connectivity index (χ0v) is 28.8. The summed E-state index contributed by atoms with van der Waals surface area (Å²) in [7, 11) is 0. The van der Waals surface area contributed by atoms with Gasteiger partial charge >= 0.3 is 17.9 Å². The third-order valence-corrected chi connectivity index (χ3v) is 7.30. The highest BCUT2D eigenvalue weighted by Gasteiger charge is 2.40. The Kier molecular flexibility index (Phi) is 19.5. The van der Waals surface area contributed by atoms with E-state index in [0.717, 1.165) is 59.8 Å². The van der Waals surface area contributed by atoms with E-state index in [-0.39, 0.29) is 11.8 Å². The van der Waals surface area contributed by atoms with Crippen LogP contribution in [0.15, 0.2) is 36.4 Å². The molecular weight excluding hydrogens is 608 g/mol. The third kappa shape index (κ3) is 16.2. The van der Waals surface area contributed by atoms with Crippen LogP contribution >= 0.6 is 0 Å². The molecule has 13 heteroatoms. The van der Waals surface area contributed by atoms with E-state index in [9.17, 15) is 24.0 Å². The van der Waals surface area contributed by atoms with Crippen molar-refractivity contribution in [2.75, 3.05) is 49.9 Å². The van der Waals surface area contributed by atoms with Crippen LogP contribution in [-0.4, -0.2) is 105 Å². The molecule has 0 bridgehead atoms. The Balaban J connectivity index is 0.000000684. The minimum atomic E-state index is -2.74. The number of hydrogen-bond acceptors (Lipinski definition) is 8. The van der Waals surface area contributed by atoms with E-state index in [1.807, 2.05) is 64.1 Å². The Hall–Kier alpha value is -4.33. The minimum absolute atomic E-state index is 0.0612. The van der Waals surface area contributed by atoms with Crippen LogP contribution < -0.4 is 10.6 Å². The molecular formula is C34H52N4O9. The van der Waals surface area contributed by atoms with E-state index in [0.29, 0.717) is 13.1 Å². The molecule has 0 fully saturated rings. The molecule has 2 amide bonds. The van der Waals surface area contributed by atoms with E-state index in [1.165, 1.54) is 0 Å². The van der Waals surface area contributed by atoms with Gasteiger partial charge in [0.25, 0.3) is 0 Å². The van der Waals surface area contributed by atoms with Crippen molar-refractivity contribution in [3.63, 3.8) is 0 Å². The first-order chi connectivity index (χ1) is 21.9. The Morgan fingerprint density at radius 1 is 0.596 bits per heavy atom. The van der Waals surface area contributed by atoms with Gasteiger partial charge in [-0.2, -0.15) is 0 Å². The van der Waals surface area contributed by atoms with Crippen molar-refractivity contribution in [2.24, 2.45) is 0 Å². The number of nitrogens with one attached hydrogen (secondary N) is 2. The predicted molar refractivity (Wildman–Crippen MR) is 182 cm³/mol. The highest BCUT2D eigenvalue weighted by molar-refractivity contribution is 5.94. The largest absolute Gasteiger partial charge is 0.481 e. The van der Waals surface area contributed by atoms with Crippen LogP contribution in [0.3, 0.4) is 0 Å². The molecule has 0 unspecified atom stereocenters. The summed E-state index contributed by atoms with van der Waals surface area (Å²) in [6.45, 7) is 20.8. The maximum atomic E-state index is 11.9. The number of aliphatic hydroxyl groups is 1. The molecule has 262 valence electrons. The second-order valence-electron chi connectivity index (χ2n) is 11.0. The van der Waals surface area contributed by atoms with Crippen LogP contribution in [0.2, 0.25) is 0 Å². The van der Waals surface area contributed by atoms with Crippen molar-refractivity contribution in [3.8, 4) is 0 Å². The number of anilines is 2. The van der Waals surface area contributed by atoms with Crippen molar-refractivity contribution < 1.29 is 44.4 Å². The number of nitrogens with zero attached hydrogens (tertiary/aromatic N) is 2. The fourth-order valence-electron chi connectivity index (χ4n) is 4.40. The molecule has 0 spiro atoms. The Morgan fingerprint density at radius 2 is 0.872 bits per heavy atom. The molecule has 47 heavy (non-hydrogen) atoms. The molecule has 2 aromatic carbocycles. The van der Waals surface area contributed by atoms with Gasteiger partial charge in [-0.25, -0.2) is 4.79 Å². The van der Waals surface area contributed by atoms with Crippen molar-refractivity contribution in [1.82, 2.24) is 9.80 Å². The quantitative estimate of drug-likeness (QED) is 0.162.